The number of carbonyl (C=O) groups is 2. The molecule has 2 aromatic carbocycles. The van der Waals surface area contributed by atoms with Crippen molar-refractivity contribution in [2.24, 2.45) is 0 Å². The molecule has 0 saturated carbocycles. The molecule has 1 saturated heterocycles. The number of aliphatic hydroxyl groups excluding tert-OH is 1. The topological polar surface area (TPSA) is 66.8 Å². The Hall–Kier alpha value is -3.09. The number of ketones is 1. The van der Waals surface area contributed by atoms with E-state index in [1.165, 1.54) is 23.3 Å². The van der Waals surface area contributed by atoms with Crippen LogP contribution in [0.1, 0.15) is 27.6 Å². The smallest absolute Gasteiger partial charge is 0.300 e. The molecule has 0 aliphatic carbocycles. The van der Waals surface area contributed by atoms with Crippen molar-refractivity contribution in [2.45, 2.75) is 19.9 Å². The van der Waals surface area contributed by atoms with E-state index < -0.39 is 17.7 Å². The number of carbonyl (C=O) groups excluding carboxylic acids is 2. The molecule has 31 heavy (non-hydrogen) atoms. The zero-order chi connectivity index (χ0) is 22.3. The number of hydrogen-bond donors (Lipinski definition) is 1. The molecule has 1 aliphatic heterocycles. The van der Waals surface area contributed by atoms with Crippen molar-refractivity contribution in [1.29, 1.82) is 0 Å². The third-order valence-corrected chi connectivity index (χ3v) is 6.42. The van der Waals surface area contributed by atoms with Crippen LogP contribution in [0.5, 0.6) is 5.75 Å². The molecule has 0 radical (unpaired) electrons. The van der Waals surface area contributed by atoms with Crippen molar-refractivity contribution >= 4 is 46.1 Å². The second kappa shape index (κ2) is 8.21. The summed E-state index contributed by atoms with van der Waals surface area (Å²) in [5, 5.41) is 13.3. The minimum absolute atomic E-state index is 0.00163. The van der Waals surface area contributed by atoms with Gasteiger partial charge in [-0.05, 0) is 66.8 Å². The number of rotatable bonds is 4. The quantitative estimate of drug-likeness (QED) is 0.315. The first-order valence-corrected chi connectivity index (χ1v) is 10.8. The number of aliphatic hydroxyl groups is 1. The fourth-order valence-electron chi connectivity index (χ4n) is 3.86. The number of methoxy groups -OCH3 is 1. The van der Waals surface area contributed by atoms with Crippen LogP contribution in [-0.4, -0.2) is 23.9 Å². The Labute approximate surface area is 189 Å². The minimum Gasteiger partial charge on any atom is -0.507 e. The van der Waals surface area contributed by atoms with Crippen molar-refractivity contribution < 1.29 is 19.4 Å². The Bertz CT molecular complexity index is 1200. The molecule has 5 nitrogen and oxygen atoms in total. The van der Waals surface area contributed by atoms with E-state index in [9.17, 15) is 14.7 Å². The van der Waals surface area contributed by atoms with Crippen LogP contribution < -0.4 is 9.64 Å². The van der Waals surface area contributed by atoms with Crippen molar-refractivity contribution in [2.75, 3.05) is 12.0 Å². The third-order valence-electron chi connectivity index (χ3n) is 5.17. The average Bonchev–Trinajstić information content (AvgIpc) is 3.34. The van der Waals surface area contributed by atoms with Gasteiger partial charge in [0, 0.05) is 16.1 Å². The molecule has 1 amide bonds. The molecule has 3 aromatic rings. The fraction of sp³-hybridized carbons (Fsp3) is 0.167. The van der Waals surface area contributed by atoms with Crippen LogP contribution in [0.15, 0.2) is 59.5 Å². The van der Waals surface area contributed by atoms with Gasteiger partial charge in [0.15, 0.2) is 0 Å². The summed E-state index contributed by atoms with van der Waals surface area (Å²) < 4.78 is 5.23. The Kier molecular flexibility index (Phi) is 5.60. The first-order chi connectivity index (χ1) is 14.8. The van der Waals surface area contributed by atoms with Crippen molar-refractivity contribution in [3.8, 4) is 5.75 Å². The highest BCUT2D eigenvalue weighted by Gasteiger charge is 2.47. The Balaban J connectivity index is 1.97. The fourth-order valence-corrected chi connectivity index (χ4v) is 4.89. The lowest BCUT2D eigenvalue weighted by Gasteiger charge is -2.25. The van der Waals surface area contributed by atoms with Gasteiger partial charge in [0.25, 0.3) is 11.7 Å². The SMILES string of the molecule is COc1ccc(Cl)c(/C(O)=C2/C(=O)C(=O)N(c3cc(C)cc(C)c3)C2c2cccs2)c1. The van der Waals surface area contributed by atoms with Crippen LogP contribution in [-0.2, 0) is 9.59 Å². The first-order valence-electron chi connectivity index (χ1n) is 9.58. The second-order valence-electron chi connectivity index (χ2n) is 7.38. The number of nitrogens with zero attached hydrogens (tertiary/aromatic N) is 1. The molecular formula is C24H20ClNO4S. The van der Waals surface area contributed by atoms with E-state index in [1.54, 1.807) is 18.2 Å². The van der Waals surface area contributed by atoms with Gasteiger partial charge in [-0.3, -0.25) is 14.5 Å². The van der Waals surface area contributed by atoms with Gasteiger partial charge in [0.1, 0.15) is 17.6 Å². The highest BCUT2D eigenvalue weighted by atomic mass is 35.5. The lowest BCUT2D eigenvalue weighted by molar-refractivity contribution is -0.132. The molecule has 1 fully saturated rings. The van der Waals surface area contributed by atoms with Crippen LogP contribution in [0, 0.1) is 13.8 Å². The van der Waals surface area contributed by atoms with E-state index in [2.05, 4.69) is 0 Å². The molecule has 2 heterocycles. The van der Waals surface area contributed by atoms with Gasteiger partial charge in [-0.15, -0.1) is 11.3 Å². The van der Waals surface area contributed by atoms with E-state index >= 15 is 0 Å². The van der Waals surface area contributed by atoms with Crippen LogP contribution in [0.25, 0.3) is 5.76 Å². The molecular weight excluding hydrogens is 434 g/mol. The molecule has 1 aromatic heterocycles. The Morgan fingerprint density at radius 3 is 2.42 bits per heavy atom. The average molecular weight is 454 g/mol. The van der Waals surface area contributed by atoms with Gasteiger partial charge in [0.2, 0.25) is 0 Å². The maximum Gasteiger partial charge on any atom is 0.300 e. The van der Waals surface area contributed by atoms with Gasteiger partial charge in [-0.25, -0.2) is 0 Å². The van der Waals surface area contributed by atoms with Crippen molar-refractivity contribution in [1.82, 2.24) is 0 Å². The number of benzene rings is 2. The Morgan fingerprint density at radius 2 is 1.81 bits per heavy atom. The number of hydrogen-bond acceptors (Lipinski definition) is 5. The molecule has 158 valence electrons. The summed E-state index contributed by atoms with van der Waals surface area (Å²) in [5.41, 5.74) is 2.78. The summed E-state index contributed by atoms with van der Waals surface area (Å²) in [6.45, 7) is 3.87. The zero-order valence-electron chi connectivity index (χ0n) is 17.2. The number of Topliss-reactive ketones (excluding diaryl/α,β-unsaturated/α-hetero) is 1. The van der Waals surface area contributed by atoms with Gasteiger partial charge in [-0.1, -0.05) is 23.7 Å². The van der Waals surface area contributed by atoms with E-state index in [0.29, 0.717) is 11.4 Å². The molecule has 1 N–H and O–H groups in total. The Morgan fingerprint density at radius 1 is 1.10 bits per heavy atom. The number of halogens is 1. The van der Waals surface area contributed by atoms with E-state index in [-0.39, 0.29) is 21.9 Å². The molecule has 1 aliphatic rings. The molecule has 0 bridgehead atoms. The number of aryl methyl sites for hydroxylation is 2. The molecule has 1 unspecified atom stereocenters. The van der Waals surface area contributed by atoms with Gasteiger partial charge in [0.05, 0.1) is 17.7 Å². The molecule has 7 heteroatoms. The summed E-state index contributed by atoms with van der Waals surface area (Å²) in [5.74, 6) is -1.30. The predicted molar refractivity (Wildman–Crippen MR) is 123 cm³/mol. The van der Waals surface area contributed by atoms with Crippen LogP contribution >= 0.6 is 22.9 Å². The summed E-state index contributed by atoms with van der Waals surface area (Å²) >= 11 is 7.73. The predicted octanol–water partition coefficient (Wildman–Crippen LogP) is 5.65. The summed E-state index contributed by atoms with van der Waals surface area (Å²) in [6.07, 6.45) is 0. The number of ether oxygens (including phenoxy) is 1. The first kappa shape index (κ1) is 21.2. The summed E-state index contributed by atoms with van der Waals surface area (Å²) in [7, 11) is 1.50. The largest absolute Gasteiger partial charge is 0.507 e. The van der Waals surface area contributed by atoms with Crippen LogP contribution in [0.2, 0.25) is 5.02 Å². The lowest BCUT2D eigenvalue weighted by atomic mass is 9.99. The van der Waals surface area contributed by atoms with Gasteiger partial charge < -0.3 is 9.84 Å². The maximum atomic E-state index is 13.2. The normalized spacial score (nSPS) is 17.9. The molecule has 1 atom stereocenters. The molecule has 0 spiro atoms. The summed E-state index contributed by atoms with van der Waals surface area (Å²) in [6, 6.07) is 13.4. The standard InChI is InChI=1S/C24H20ClNO4S/c1-13-9-14(2)11-15(10-13)26-21(19-5-4-8-31-19)20(23(28)24(26)29)22(27)17-12-16(30-3)6-7-18(17)25/h4-12,21,27H,1-3H3/b22-20-. The van der Waals surface area contributed by atoms with Crippen molar-refractivity contribution in [3.63, 3.8) is 0 Å². The second-order valence-corrected chi connectivity index (χ2v) is 8.76. The highest BCUT2D eigenvalue weighted by Crippen LogP contribution is 2.44. The minimum atomic E-state index is -0.761. The van der Waals surface area contributed by atoms with Crippen molar-refractivity contribution in [3.05, 3.63) is 86.1 Å². The number of anilines is 1. The van der Waals surface area contributed by atoms with Gasteiger partial charge >= 0.3 is 0 Å². The van der Waals surface area contributed by atoms with E-state index in [1.807, 2.05) is 49.6 Å². The van der Waals surface area contributed by atoms with E-state index in [0.717, 1.165) is 16.0 Å². The highest BCUT2D eigenvalue weighted by molar-refractivity contribution is 7.10. The lowest BCUT2D eigenvalue weighted by Crippen LogP contribution is -2.29. The monoisotopic (exact) mass is 453 g/mol. The van der Waals surface area contributed by atoms with Gasteiger partial charge in [-0.2, -0.15) is 0 Å². The number of amides is 1. The van der Waals surface area contributed by atoms with Crippen LogP contribution in [0.4, 0.5) is 5.69 Å². The third kappa shape index (κ3) is 3.73. The number of thiophene rings is 1. The molecule has 4 rings (SSSR count). The van der Waals surface area contributed by atoms with E-state index in [4.69, 9.17) is 16.3 Å². The summed E-state index contributed by atoms with van der Waals surface area (Å²) in [4.78, 5) is 28.5. The zero-order valence-corrected chi connectivity index (χ0v) is 18.8. The maximum absolute atomic E-state index is 13.2. The van der Waals surface area contributed by atoms with Crippen LogP contribution in [0.3, 0.4) is 0 Å².